The molecule has 0 N–H and O–H groups in total. The molecule has 1 heterocycles. The maximum absolute atomic E-state index is 5.63. The van der Waals surface area contributed by atoms with Crippen LogP contribution in [0.1, 0.15) is 52.4 Å². The number of quaternary nitrogens is 1. The van der Waals surface area contributed by atoms with Crippen molar-refractivity contribution in [3.05, 3.63) is 0 Å². The van der Waals surface area contributed by atoms with Crippen LogP contribution in [0.5, 0.6) is 0 Å². The molecule has 0 amide bonds. The molecule has 0 aliphatic carbocycles. The average molecular weight is 235 g/mol. The number of hydrogen-bond acceptors (Lipinski definition) is 0. The van der Waals surface area contributed by atoms with Crippen molar-refractivity contribution >= 4 is 11.6 Å². The van der Waals surface area contributed by atoms with Gasteiger partial charge in [-0.15, -0.1) is 11.6 Å². The third kappa shape index (κ3) is 7.19. The van der Waals surface area contributed by atoms with Crippen LogP contribution in [0.3, 0.4) is 0 Å². The lowest BCUT2D eigenvalue weighted by molar-refractivity contribution is -0.897. The van der Waals surface area contributed by atoms with Gasteiger partial charge in [0.25, 0.3) is 0 Å². The van der Waals surface area contributed by atoms with Crippen molar-refractivity contribution in [2.45, 2.75) is 52.4 Å². The summed E-state index contributed by atoms with van der Waals surface area (Å²) in [6.07, 6.45) is 8.18. The normalized spacial score (nSPS) is 18.4. The molecule has 1 aliphatic heterocycles. The molecule has 0 saturated carbocycles. The van der Waals surface area contributed by atoms with Gasteiger partial charge in [-0.2, -0.15) is 0 Å². The third-order valence-electron chi connectivity index (χ3n) is 3.23. The van der Waals surface area contributed by atoms with Gasteiger partial charge in [0, 0.05) is 18.7 Å². The second kappa shape index (κ2) is 9.47. The van der Waals surface area contributed by atoms with Crippen LogP contribution in [-0.4, -0.2) is 37.0 Å². The van der Waals surface area contributed by atoms with Crippen molar-refractivity contribution in [2.75, 3.05) is 32.6 Å². The lowest BCUT2D eigenvalue weighted by Gasteiger charge is -2.29. The lowest BCUT2D eigenvalue weighted by atomic mass is 10.2. The van der Waals surface area contributed by atoms with Crippen LogP contribution in [0.2, 0.25) is 0 Å². The van der Waals surface area contributed by atoms with Gasteiger partial charge in [0.2, 0.25) is 0 Å². The highest BCUT2D eigenvalue weighted by Crippen LogP contribution is 2.17. The first kappa shape index (κ1) is 15.2. The summed E-state index contributed by atoms with van der Waals surface area (Å²) in [5, 5.41) is 0. The molecule has 0 bridgehead atoms. The highest BCUT2D eigenvalue weighted by molar-refractivity contribution is 6.17. The number of likely N-dealkylation sites (tertiary alicyclic amines) is 1. The standard InChI is InChI=1S/C11H23ClN.C2H6/c1-13(10-6-7-11-13)9-5-3-2-4-8-12;1-2/h2-11H2,1H3;1-2H3/q+1;. The molecule has 1 rings (SSSR count). The number of rotatable bonds is 6. The zero-order valence-corrected chi connectivity index (χ0v) is 11.7. The molecule has 0 aromatic carbocycles. The van der Waals surface area contributed by atoms with Crippen molar-refractivity contribution in [3.8, 4) is 0 Å². The Morgan fingerprint density at radius 1 is 0.933 bits per heavy atom. The van der Waals surface area contributed by atoms with E-state index in [0.29, 0.717) is 0 Å². The molecular formula is C13H29ClN+. The maximum atomic E-state index is 5.63. The van der Waals surface area contributed by atoms with Gasteiger partial charge in [0.1, 0.15) is 0 Å². The van der Waals surface area contributed by atoms with Crippen molar-refractivity contribution in [1.29, 1.82) is 0 Å². The Balaban J connectivity index is 0.000000921. The van der Waals surface area contributed by atoms with Crippen LogP contribution < -0.4 is 0 Å². The summed E-state index contributed by atoms with van der Waals surface area (Å²) in [5.41, 5.74) is 0. The Kier molecular flexibility index (Phi) is 9.63. The van der Waals surface area contributed by atoms with Crippen LogP contribution in [0, 0.1) is 0 Å². The van der Waals surface area contributed by atoms with Gasteiger partial charge in [-0.25, -0.2) is 0 Å². The molecule has 1 fully saturated rings. The lowest BCUT2D eigenvalue weighted by Crippen LogP contribution is -2.41. The summed E-state index contributed by atoms with van der Waals surface area (Å²) in [7, 11) is 2.41. The summed E-state index contributed by atoms with van der Waals surface area (Å²) in [5.74, 6) is 0.839. The first-order valence-electron chi connectivity index (χ1n) is 6.66. The zero-order valence-electron chi connectivity index (χ0n) is 10.9. The van der Waals surface area contributed by atoms with Crippen molar-refractivity contribution in [2.24, 2.45) is 0 Å². The number of nitrogens with zero attached hydrogens (tertiary/aromatic N) is 1. The van der Waals surface area contributed by atoms with Crippen LogP contribution in [0.15, 0.2) is 0 Å². The minimum atomic E-state index is 0.839. The molecule has 0 atom stereocenters. The van der Waals surface area contributed by atoms with E-state index in [1.54, 1.807) is 0 Å². The molecular weight excluding hydrogens is 206 g/mol. The second-order valence-corrected chi connectivity index (χ2v) is 4.98. The van der Waals surface area contributed by atoms with E-state index in [4.69, 9.17) is 11.6 Å². The third-order valence-corrected chi connectivity index (χ3v) is 3.49. The Labute approximate surface area is 101 Å². The first-order valence-corrected chi connectivity index (χ1v) is 7.20. The van der Waals surface area contributed by atoms with Crippen LogP contribution in [0.4, 0.5) is 0 Å². The van der Waals surface area contributed by atoms with Crippen LogP contribution >= 0.6 is 11.6 Å². The molecule has 1 aliphatic rings. The first-order chi connectivity index (χ1) is 7.27. The Morgan fingerprint density at radius 3 is 2.00 bits per heavy atom. The van der Waals surface area contributed by atoms with E-state index < -0.39 is 0 Å². The van der Waals surface area contributed by atoms with Gasteiger partial charge in [-0.1, -0.05) is 20.3 Å². The van der Waals surface area contributed by atoms with E-state index in [9.17, 15) is 0 Å². The van der Waals surface area contributed by atoms with E-state index in [1.807, 2.05) is 13.8 Å². The summed E-state index contributed by atoms with van der Waals surface area (Å²) in [6, 6.07) is 0. The van der Waals surface area contributed by atoms with Gasteiger partial charge in [0.15, 0.2) is 0 Å². The fourth-order valence-electron chi connectivity index (χ4n) is 2.26. The van der Waals surface area contributed by atoms with Crippen molar-refractivity contribution in [3.63, 3.8) is 0 Å². The highest BCUT2D eigenvalue weighted by Gasteiger charge is 2.25. The minimum Gasteiger partial charge on any atom is -0.326 e. The fourth-order valence-corrected chi connectivity index (χ4v) is 2.45. The Bertz CT molecular complexity index is 130. The molecule has 15 heavy (non-hydrogen) atoms. The van der Waals surface area contributed by atoms with E-state index in [0.717, 1.165) is 5.88 Å². The zero-order chi connectivity index (χ0) is 11.6. The van der Waals surface area contributed by atoms with Crippen LogP contribution in [-0.2, 0) is 0 Å². The summed E-state index contributed by atoms with van der Waals surface area (Å²) in [4.78, 5) is 0. The van der Waals surface area contributed by atoms with E-state index >= 15 is 0 Å². The smallest absolute Gasteiger partial charge is 0.0786 e. The monoisotopic (exact) mass is 234 g/mol. The molecule has 92 valence electrons. The summed E-state index contributed by atoms with van der Waals surface area (Å²) < 4.78 is 1.33. The summed E-state index contributed by atoms with van der Waals surface area (Å²) >= 11 is 5.63. The predicted molar refractivity (Wildman–Crippen MR) is 70.6 cm³/mol. The molecule has 2 heteroatoms. The molecule has 0 aromatic rings. The fraction of sp³-hybridized carbons (Fsp3) is 1.00. The molecule has 0 unspecified atom stereocenters. The van der Waals surface area contributed by atoms with Gasteiger partial charge < -0.3 is 4.48 Å². The molecule has 0 spiro atoms. The summed E-state index contributed by atoms with van der Waals surface area (Å²) in [6.45, 7) is 8.22. The van der Waals surface area contributed by atoms with Gasteiger partial charge >= 0.3 is 0 Å². The van der Waals surface area contributed by atoms with Gasteiger partial charge in [0.05, 0.1) is 26.7 Å². The molecule has 1 saturated heterocycles. The predicted octanol–water partition coefficient (Wildman–Crippen LogP) is 4.05. The SMILES string of the molecule is CC.C[N+]1(CCCCCCCl)CCCC1. The van der Waals surface area contributed by atoms with Crippen molar-refractivity contribution in [1.82, 2.24) is 0 Å². The van der Waals surface area contributed by atoms with E-state index in [1.165, 1.54) is 62.6 Å². The quantitative estimate of drug-likeness (QED) is 0.370. The van der Waals surface area contributed by atoms with Gasteiger partial charge in [-0.05, 0) is 19.3 Å². The number of halogens is 1. The molecule has 0 radical (unpaired) electrons. The minimum absolute atomic E-state index is 0.839. The maximum Gasteiger partial charge on any atom is 0.0786 e. The van der Waals surface area contributed by atoms with E-state index in [2.05, 4.69) is 7.05 Å². The topological polar surface area (TPSA) is 0 Å². The Hall–Kier alpha value is 0.250. The highest BCUT2D eigenvalue weighted by atomic mass is 35.5. The molecule has 1 nitrogen and oxygen atoms in total. The molecule has 0 aromatic heterocycles. The van der Waals surface area contributed by atoms with Gasteiger partial charge in [-0.3, -0.25) is 0 Å². The van der Waals surface area contributed by atoms with E-state index in [-0.39, 0.29) is 0 Å². The number of alkyl halides is 1. The largest absolute Gasteiger partial charge is 0.326 e. The van der Waals surface area contributed by atoms with Crippen LogP contribution in [0.25, 0.3) is 0 Å². The average Bonchev–Trinajstić information content (AvgIpc) is 2.68. The second-order valence-electron chi connectivity index (χ2n) is 4.60. The number of hydrogen-bond donors (Lipinski definition) is 0. The van der Waals surface area contributed by atoms with Crippen molar-refractivity contribution < 1.29 is 4.48 Å². The Morgan fingerprint density at radius 2 is 1.47 bits per heavy atom. The number of unbranched alkanes of at least 4 members (excludes halogenated alkanes) is 3.